The highest BCUT2D eigenvalue weighted by Crippen LogP contribution is 2.27. The zero-order chi connectivity index (χ0) is 16.4. The van der Waals surface area contributed by atoms with Crippen molar-refractivity contribution < 1.29 is 17.9 Å². The second kappa shape index (κ2) is 5.92. The summed E-state index contributed by atoms with van der Waals surface area (Å²) < 4.78 is 32.7. The van der Waals surface area contributed by atoms with Gasteiger partial charge in [0.15, 0.2) is 0 Å². The summed E-state index contributed by atoms with van der Waals surface area (Å²) >= 11 is 0. The highest BCUT2D eigenvalue weighted by Gasteiger charge is 2.21. The summed E-state index contributed by atoms with van der Waals surface area (Å²) in [4.78, 5) is 11.5. The van der Waals surface area contributed by atoms with Crippen molar-refractivity contribution in [3.05, 3.63) is 48.0 Å². The number of fused-ring (bicyclic) bond motifs is 1. The van der Waals surface area contributed by atoms with Gasteiger partial charge in [-0.3, -0.25) is 9.52 Å². The number of carbonyl (C=O) groups is 1. The lowest BCUT2D eigenvalue weighted by Gasteiger charge is -2.10. The zero-order valence-corrected chi connectivity index (χ0v) is 13.3. The normalized spacial score (nSPS) is 13.3. The molecule has 0 spiro atoms. The van der Waals surface area contributed by atoms with Gasteiger partial charge in [0.05, 0.1) is 17.9 Å². The minimum absolute atomic E-state index is 0.127. The lowest BCUT2D eigenvalue weighted by molar-refractivity contribution is -0.115. The molecule has 0 aromatic heterocycles. The molecule has 1 aliphatic heterocycles. The van der Waals surface area contributed by atoms with Crippen molar-refractivity contribution in [3.8, 4) is 5.75 Å². The number of carbonyl (C=O) groups excluding carboxylic acids is 1. The largest absolute Gasteiger partial charge is 0.494 e. The number of ether oxygens (including phenoxy) is 1. The summed E-state index contributed by atoms with van der Waals surface area (Å²) in [6, 6.07) is 11.3. The highest BCUT2D eigenvalue weighted by molar-refractivity contribution is 7.92. The third kappa shape index (κ3) is 3.29. The fraction of sp³-hybridized carbons (Fsp3) is 0.188. The molecule has 2 N–H and O–H groups in total. The molecule has 3 rings (SSSR count). The number of anilines is 2. The maximum atomic E-state index is 12.4. The predicted octanol–water partition coefficient (Wildman–Crippen LogP) is 2.38. The molecule has 0 saturated heterocycles. The fourth-order valence-electron chi connectivity index (χ4n) is 2.37. The van der Waals surface area contributed by atoms with Crippen molar-refractivity contribution in [1.82, 2.24) is 0 Å². The molecule has 120 valence electrons. The van der Waals surface area contributed by atoms with Gasteiger partial charge in [0, 0.05) is 11.4 Å². The Hall–Kier alpha value is -2.54. The van der Waals surface area contributed by atoms with Crippen LogP contribution in [-0.2, 0) is 21.2 Å². The molecule has 7 heteroatoms. The van der Waals surface area contributed by atoms with E-state index in [4.69, 9.17) is 4.74 Å². The first-order valence-corrected chi connectivity index (χ1v) is 8.65. The summed E-state index contributed by atoms with van der Waals surface area (Å²) in [5, 5.41) is 2.68. The zero-order valence-electron chi connectivity index (χ0n) is 12.5. The Morgan fingerprint density at radius 3 is 2.61 bits per heavy atom. The van der Waals surface area contributed by atoms with Gasteiger partial charge >= 0.3 is 0 Å². The molecule has 0 fully saturated rings. The molecule has 1 heterocycles. The molecule has 2 aromatic rings. The number of amides is 1. The van der Waals surface area contributed by atoms with Crippen LogP contribution >= 0.6 is 0 Å². The molecular formula is C16H16N2O4S. The van der Waals surface area contributed by atoms with Crippen molar-refractivity contribution in [2.24, 2.45) is 0 Å². The first-order valence-electron chi connectivity index (χ1n) is 7.16. The summed E-state index contributed by atoms with van der Waals surface area (Å²) in [5.41, 5.74) is 1.79. The van der Waals surface area contributed by atoms with Gasteiger partial charge in [-0.05, 0) is 55.0 Å². The van der Waals surface area contributed by atoms with Gasteiger partial charge in [-0.1, -0.05) is 0 Å². The number of hydrogen-bond acceptors (Lipinski definition) is 4. The van der Waals surface area contributed by atoms with Gasteiger partial charge < -0.3 is 10.1 Å². The van der Waals surface area contributed by atoms with Crippen molar-refractivity contribution >= 4 is 27.3 Å². The molecule has 0 atom stereocenters. The number of benzene rings is 2. The Balaban J connectivity index is 1.82. The maximum Gasteiger partial charge on any atom is 0.261 e. The lowest BCUT2D eigenvalue weighted by atomic mass is 10.2. The van der Waals surface area contributed by atoms with Crippen LogP contribution in [0.25, 0.3) is 0 Å². The molecular weight excluding hydrogens is 316 g/mol. The Morgan fingerprint density at radius 1 is 1.17 bits per heavy atom. The van der Waals surface area contributed by atoms with Crippen LogP contribution in [0.4, 0.5) is 11.4 Å². The number of hydrogen-bond donors (Lipinski definition) is 2. The quantitative estimate of drug-likeness (QED) is 0.880. The first-order chi connectivity index (χ1) is 11.0. The molecule has 2 aromatic carbocycles. The van der Waals surface area contributed by atoms with Crippen LogP contribution in [0.15, 0.2) is 47.4 Å². The minimum atomic E-state index is -3.71. The molecule has 0 saturated carbocycles. The minimum Gasteiger partial charge on any atom is -0.494 e. The van der Waals surface area contributed by atoms with Gasteiger partial charge in [0.25, 0.3) is 10.0 Å². The molecule has 0 aliphatic carbocycles. The Bertz CT molecular complexity index is 845. The van der Waals surface area contributed by atoms with Crippen molar-refractivity contribution in [2.45, 2.75) is 18.2 Å². The van der Waals surface area contributed by atoms with Crippen LogP contribution < -0.4 is 14.8 Å². The highest BCUT2D eigenvalue weighted by atomic mass is 32.2. The molecule has 0 radical (unpaired) electrons. The summed E-state index contributed by atoms with van der Waals surface area (Å²) in [6.45, 7) is 2.43. The van der Waals surface area contributed by atoms with Gasteiger partial charge in [0.2, 0.25) is 5.91 Å². The third-order valence-corrected chi connectivity index (χ3v) is 4.81. The van der Waals surface area contributed by atoms with E-state index in [0.29, 0.717) is 29.3 Å². The second-order valence-corrected chi connectivity index (χ2v) is 6.79. The molecule has 1 aliphatic rings. The van der Waals surface area contributed by atoms with Gasteiger partial charge in [-0.2, -0.15) is 0 Å². The first kappa shape index (κ1) is 15.4. The van der Waals surface area contributed by atoms with Gasteiger partial charge in [-0.25, -0.2) is 8.42 Å². The van der Waals surface area contributed by atoms with E-state index in [1.165, 1.54) is 12.1 Å². The van der Waals surface area contributed by atoms with Crippen LogP contribution in [0.3, 0.4) is 0 Å². The van der Waals surface area contributed by atoms with Gasteiger partial charge in [-0.15, -0.1) is 0 Å². The van der Waals surface area contributed by atoms with E-state index < -0.39 is 10.0 Å². The van der Waals surface area contributed by atoms with Crippen LogP contribution in [-0.4, -0.2) is 20.9 Å². The Kier molecular flexibility index (Phi) is 3.96. The van der Waals surface area contributed by atoms with Crippen LogP contribution in [0.5, 0.6) is 5.75 Å². The monoisotopic (exact) mass is 332 g/mol. The summed E-state index contributed by atoms with van der Waals surface area (Å²) in [5.74, 6) is 0.548. The average Bonchev–Trinajstić information content (AvgIpc) is 2.88. The summed E-state index contributed by atoms with van der Waals surface area (Å²) in [6.07, 6.45) is 0.196. The topological polar surface area (TPSA) is 84.5 Å². The van der Waals surface area contributed by atoms with E-state index >= 15 is 0 Å². The fourth-order valence-corrected chi connectivity index (χ4v) is 3.48. The average molecular weight is 332 g/mol. The maximum absolute atomic E-state index is 12.4. The van der Waals surface area contributed by atoms with E-state index in [2.05, 4.69) is 10.0 Å². The lowest BCUT2D eigenvalue weighted by Crippen LogP contribution is -2.13. The van der Waals surface area contributed by atoms with E-state index in [9.17, 15) is 13.2 Å². The number of nitrogens with one attached hydrogen (secondary N) is 2. The van der Waals surface area contributed by atoms with E-state index in [-0.39, 0.29) is 17.2 Å². The van der Waals surface area contributed by atoms with Crippen molar-refractivity contribution in [1.29, 1.82) is 0 Å². The number of sulfonamides is 1. The second-order valence-electron chi connectivity index (χ2n) is 5.11. The van der Waals surface area contributed by atoms with Crippen molar-refractivity contribution in [2.75, 3.05) is 16.6 Å². The molecule has 1 amide bonds. The van der Waals surface area contributed by atoms with Crippen LogP contribution in [0.2, 0.25) is 0 Å². The van der Waals surface area contributed by atoms with E-state index in [0.717, 1.165) is 0 Å². The van der Waals surface area contributed by atoms with E-state index in [1.54, 1.807) is 30.3 Å². The molecule has 23 heavy (non-hydrogen) atoms. The molecule has 6 nitrogen and oxygen atoms in total. The molecule has 0 unspecified atom stereocenters. The Morgan fingerprint density at radius 2 is 1.91 bits per heavy atom. The molecule has 0 bridgehead atoms. The predicted molar refractivity (Wildman–Crippen MR) is 87.2 cm³/mol. The van der Waals surface area contributed by atoms with Gasteiger partial charge in [0.1, 0.15) is 5.75 Å². The van der Waals surface area contributed by atoms with Crippen LogP contribution in [0.1, 0.15) is 12.5 Å². The van der Waals surface area contributed by atoms with E-state index in [1.807, 2.05) is 6.92 Å². The van der Waals surface area contributed by atoms with Crippen LogP contribution in [0, 0.1) is 0 Å². The standard InChI is InChI=1S/C16H16N2O4S/c1-2-22-13-5-3-12(4-6-13)18-23(20,21)14-7-8-15-11(9-14)10-16(19)17-15/h3-9,18H,2,10H2,1H3,(H,17,19). The van der Waals surface area contributed by atoms with Crippen molar-refractivity contribution in [3.63, 3.8) is 0 Å². The smallest absolute Gasteiger partial charge is 0.261 e. The summed E-state index contributed by atoms with van der Waals surface area (Å²) in [7, 11) is -3.71. The Labute approximate surface area is 134 Å². The SMILES string of the molecule is CCOc1ccc(NS(=O)(=O)c2ccc3c(c2)CC(=O)N3)cc1. The number of rotatable bonds is 5. The third-order valence-electron chi connectivity index (χ3n) is 3.43.